The van der Waals surface area contributed by atoms with Crippen molar-refractivity contribution in [3.05, 3.63) is 29.3 Å². The van der Waals surface area contributed by atoms with Gasteiger partial charge in [-0.15, -0.1) is 0 Å². The summed E-state index contributed by atoms with van der Waals surface area (Å²) in [6, 6.07) is 6.31. The first-order valence-electron chi connectivity index (χ1n) is 5.41. The third-order valence-corrected chi connectivity index (χ3v) is 2.80. The van der Waals surface area contributed by atoms with E-state index < -0.39 is 0 Å². The molecular weight excluding hydrogens is 259 g/mol. The monoisotopic (exact) mass is 276 g/mol. The van der Waals surface area contributed by atoms with Crippen LogP contribution in [0.5, 0.6) is 5.75 Å². The molecule has 0 bridgehead atoms. The molecule has 2 rings (SSSR count). The summed E-state index contributed by atoms with van der Waals surface area (Å²) < 4.78 is 5.23. The van der Waals surface area contributed by atoms with Gasteiger partial charge in [-0.3, -0.25) is 0 Å². The fourth-order valence-electron chi connectivity index (χ4n) is 2.04. The van der Waals surface area contributed by atoms with E-state index in [-0.39, 0.29) is 24.8 Å². The zero-order chi connectivity index (χ0) is 10.7. The summed E-state index contributed by atoms with van der Waals surface area (Å²) in [6.45, 7) is 1.96. The first kappa shape index (κ1) is 16.2. The van der Waals surface area contributed by atoms with Crippen LogP contribution in [0, 0.1) is 0 Å². The van der Waals surface area contributed by atoms with Gasteiger partial charge in [0.1, 0.15) is 12.3 Å². The van der Waals surface area contributed by atoms with E-state index in [0.717, 1.165) is 31.7 Å². The number of quaternary nitrogens is 1. The highest BCUT2D eigenvalue weighted by Crippen LogP contribution is 2.19. The van der Waals surface area contributed by atoms with E-state index in [1.165, 1.54) is 16.8 Å². The summed E-state index contributed by atoms with van der Waals surface area (Å²) >= 11 is 0. The number of ether oxygens (including phenoxy) is 1. The Morgan fingerprint density at radius 3 is 2.76 bits per heavy atom. The molecule has 17 heavy (non-hydrogen) atoms. The second-order valence-electron chi connectivity index (χ2n) is 3.78. The maximum Gasteiger partial charge on any atom is 0.187 e. The normalized spacial score (nSPS) is 12.7. The van der Waals surface area contributed by atoms with Crippen LogP contribution in [0.25, 0.3) is 0 Å². The fraction of sp³-hybridized carbons (Fsp3) is 0.417. The van der Waals surface area contributed by atoms with Crippen LogP contribution in [0.1, 0.15) is 17.5 Å². The molecule has 1 aliphatic heterocycles. The summed E-state index contributed by atoms with van der Waals surface area (Å²) in [5.41, 5.74) is 7.95. The van der Waals surface area contributed by atoms with E-state index in [1.54, 1.807) is 7.11 Å². The van der Waals surface area contributed by atoms with E-state index in [9.17, 15) is 0 Å². The van der Waals surface area contributed by atoms with E-state index >= 15 is 0 Å². The van der Waals surface area contributed by atoms with Crippen LogP contribution >= 0.6 is 0 Å². The zero-order valence-electron chi connectivity index (χ0n) is 9.93. The quantitative estimate of drug-likeness (QED) is 0.567. The first-order valence-corrected chi connectivity index (χ1v) is 5.41. The number of fused-ring (bicyclic) bond motifs is 1. The van der Waals surface area contributed by atoms with Crippen LogP contribution in [-0.2, 0) is 6.42 Å². The van der Waals surface area contributed by atoms with E-state index in [2.05, 4.69) is 22.9 Å². The van der Waals surface area contributed by atoms with Crippen molar-refractivity contribution >= 4 is 5.71 Å². The molecule has 1 aromatic carbocycles. The average molecular weight is 277 g/mol. The Hall–Kier alpha value is -0.770. The van der Waals surface area contributed by atoms with Crippen molar-refractivity contribution in [1.29, 1.82) is 0 Å². The highest BCUT2D eigenvalue weighted by Gasteiger charge is 2.19. The maximum atomic E-state index is 5.23. The van der Waals surface area contributed by atoms with Crippen molar-refractivity contribution < 1.29 is 40.3 Å². The van der Waals surface area contributed by atoms with Gasteiger partial charge >= 0.3 is 0 Å². The molecule has 0 saturated heterocycles. The number of nitrogens with one attached hydrogen (secondary N) is 1. The van der Waals surface area contributed by atoms with Crippen molar-refractivity contribution in [2.24, 2.45) is 0 Å². The van der Waals surface area contributed by atoms with Crippen LogP contribution in [0.3, 0.4) is 0 Å². The summed E-state index contributed by atoms with van der Waals surface area (Å²) in [4.78, 5) is 3.45. The molecule has 3 nitrogen and oxygen atoms in total. The van der Waals surface area contributed by atoms with Crippen LogP contribution in [-0.4, -0.2) is 25.9 Å². The minimum absolute atomic E-state index is 0. The molecule has 0 atom stereocenters. The van der Waals surface area contributed by atoms with E-state index in [1.807, 2.05) is 6.07 Å². The summed E-state index contributed by atoms with van der Waals surface area (Å²) in [5.74, 6) is 0.949. The highest BCUT2D eigenvalue weighted by atomic mass is 35.5. The SMILES string of the molecule is COc1ccc2c(c1)CC[NH+]=C2CC[NH3+].[Cl-].[Cl-]. The third-order valence-electron chi connectivity index (χ3n) is 2.80. The zero-order valence-corrected chi connectivity index (χ0v) is 11.4. The standard InChI is InChI=1S/C12H16N2O.2ClH/c1-15-10-2-3-11-9(8-10)5-7-14-12(11)4-6-13;;/h2-3,8H,4-7,13H2,1H3;2*1H. The second kappa shape index (κ2) is 7.54. The summed E-state index contributed by atoms with van der Waals surface area (Å²) in [5, 5.41) is 0. The van der Waals surface area contributed by atoms with Gasteiger partial charge in [0.05, 0.1) is 20.1 Å². The molecule has 0 unspecified atom stereocenters. The average Bonchev–Trinajstić information content (AvgIpc) is 2.29. The van der Waals surface area contributed by atoms with Gasteiger partial charge in [-0.25, -0.2) is 4.99 Å². The second-order valence-corrected chi connectivity index (χ2v) is 3.78. The Labute approximate surface area is 114 Å². The molecular formula is C12H18Cl2N2O. The van der Waals surface area contributed by atoms with Gasteiger partial charge in [0.25, 0.3) is 0 Å². The van der Waals surface area contributed by atoms with Crippen molar-refractivity contribution in [1.82, 2.24) is 0 Å². The predicted octanol–water partition coefficient (Wildman–Crippen LogP) is -7.24. The highest BCUT2D eigenvalue weighted by molar-refractivity contribution is 5.98. The lowest BCUT2D eigenvalue weighted by molar-refractivity contribution is -0.461. The van der Waals surface area contributed by atoms with Crippen molar-refractivity contribution in [2.75, 3.05) is 20.2 Å². The van der Waals surface area contributed by atoms with Gasteiger partial charge in [-0.05, 0) is 23.8 Å². The minimum Gasteiger partial charge on any atom is -1.00 e. The molecule has 0 saturated carbocycles. The van der Waals surface area contributed by atoms with Crippen molar-refractivity contribution in [3.8, 4) is 5.75 Å². The summed E-state index contributed by atoms with van der Waals surface area (Å²) in [6.07, 6.45) is 2.10. The molecule has 0 amide bonds. The maximum absolute atomic E-state index is 5.23. The third kappa shape index (κ3) is 3.60. The van der Waals surface area contributed by atoms with E-state index in [4.69, 9.17) is 4.74 Å². The molecule has 1 aliphatic rings. The van der Waals surface area contributed by atoms with Gasteiger partial charge in [-0.1, -0.05) is 0 Å². The van der Waals surface area contributed by atoms with Crippen molar-refractivity contribution in [3.63, 3.8) is 0 Å². The lowest BCUT2D eigenvalue weighted by Gasteiger charge is -2.12. The van der Waals surface area contributed by atoms with Crippen LogP contribution in [0.2, 0.25) is 0 Å². The Balaban J connectivity index is 0.00000128. The van der Waals surface area contributed by atoms with Crippen LogP contribution in [0.4, 0.5) is 0 Å². The van der Waals surface area contributed by atoms with Gasteiger partial charge in [-0.2, -0.15) is 0 Å². The van der Waals surface area contributed by atoms with Gasteiger partial charge in [0, 0.05) is 12.0 Å². The van der Waals surface area contributed by atoms with E-state index in [0.29, 0.717) is 0 Å². The smallest absolute Gasteiger partial charge is 0.187 e. The Kier molecular flexibility index (Phi) is 7.19. The molecule has 0 radical (unpaired) electrons. The minimum atomic E-state index is 0. The van der Waals surface area contributed by atoms with Crippen molar-refractivity contribution in [2.45, 2.75) is 12.8 Å². The van der Waals surface area contributed by atoms with Crippen LogP contribution in [0.15, 0.2) is 18.2 Å². The number of hydrogen-bond donors (Lipinski definition) is 2. The number of methoxy groups -OCH3 is 1. The Bertz CT molecular complexity index is 394. The molecule has 5 heteroatoms. The number of rotatable bonds is 3. The predicted molar refractivity (Wildman–Crippen MR) is 59.0 cm³/mol. The molecule has 4 N–H and O–H groups in total. The van der Waals surface area contributed by atoms with Crippen LogP contribution < -0.4 is 40.3 Å². The molecule has 0 spiro atoms. The first-order chi connectivity index (χ1) is 7.35. The number of benzene rings is 1. The van der Waals surface area contributed by atoms with Gasteiger partial charge in [0.2, 0.25) is 0 Å². The number of halogens is 2. The Morgan fingerprint density at radius 2 is 2.12 bits per heavy atom. The largest absolute Gasteiger partial charge is 1.00 e. The molecule has 1 aromatic rings. The van der Waals surface area contributed by atoms with Gasteiger partial charge in [0.15, 0.2) is 5.71 Å². The van der Waals surface area contributed by atoms with Gasteiger partial charge < -0.3 is 35.3 Å². The lowest BCUT2D eigenvalue weighted by atomic mass is 9.96. The topological polar surface area (TPSA) is 50.8 Å². The number of hydrogen-bond acceptors (Lipinski definition) is 1. The molecule has 0 aromatic heterocycles. The molecule has 0 aliphatic carbocycles. The Morgan fingerprint density at radius 1 is 1.35 bits per heavy atom. The molecule has 1 heterocycles. The lowest BCUT2D eigenvalue weighted by Crippen LogP contribution is -3.00. The molecule has 0 fully saturated rings. The fourth-order valence-corrected chi connectivity index (χ4v) is 2.04. The molecule has 96 valence electrons. The summed E-state index contributed by atoms with van der Waals surface area (Å²) in [7, 11) is 1.71.